The van der Waals surface area contributed by atoms with Gasteiger partial charge in [0.05, 0.1) is 5.92 Å². The summed E-state index contributed by atoms with van der Waals surface area (Å²) < 4.78 is 0. The molecule has 4 heteroatoms. The number of aldehydes is 1. The van der Waals surface area contributed by atoms with Crippen molar-refractivity contribution in [3.8, 4) is 0 Å². The van der Waals surface area contributed by atoms with Crippen LogP contribution in [0.4, 0.5) is 0 Å². The zero-order valence-electron chi connectivity index (χ0n) is 11.7. The van der Waals surface area contributed by atoms with Gasteiger partial charge in [-0.05, 0) is 23.0 Å². The highest BCUT2D eigenvalue weighted by atomic mass is 16.6. The van der Waals surface area contributed by atoms with Crippen LogP contribution < -0.4 is 0 Å². The predicted octanol–water partition coefficient (Wildman–Crippen LogP) is 3.22. The van der Waals surface area contributed by atoms with Crippen LogP contribution in [0.1, 0.15) is 31.7 Å². The minimum absolute atomic E-state index is 0.0155. The molecule has 4 nitrogen and oxygen atoms in total. The van der Waals surface area contributed by atoms with Crippen molar-refractivity contribution in [1.82, 2.24) is 0 Å². The van der Waals surface area contributed by atoms with Gasteiger partial charge < -0.3 is 0 Å². The first-order valence-corrected chi connectivity index (χ1v) is 6.89. The Kier molecular flexibility index (Phi) is 4.32. The second-order valence-electron chi connectivity index (χ2n) is 5.67. The predicted molar refractivity (Wildman–Crippen MR) is 77.1 cm³/mol. The van der Waals surface area contributed by atoms with E-state index in [4.69, 9.17) is 0 Å². The number of carbonyl (C=O) groups is 1. The number of hydrogen-bond acceptors (Lipinski definition) is 3. The molecule has 3 atom stereocenters. The fourth-order valence-electron chi connectivity index (χ4n) is 3.06. The molecule has 0 heterocycles. The van der Waals surface area contributed by atoms with E-state index in [0.717, 1.165) is 11.8 Å². The third-order valence-corrected chi connectivity index (χ3v) is 4.06. The number of hydrogen-bond donors (Lipinski definition) is 0. The van der Waals surface area contributed by atoms with E-state index >= 15 is 0 Å². The van der Waals surface area contributed by atoms with Gasteiger partial charge in [-0.15, -0.1) is 0 Å². The van der Waals surface area contributed by atoms with Crippen LogP contribution in [0.5, 0.6) is 0 Å². The van der Waals surface area contributed by atoms with Gasteiger partial charge in [0.15, 0.2) is 0 Å². The van der Waals surface area contributed by atoms with Crippen molar-refractivity contribution >= 4 is 6.29 Å². The van der Waals surface area contributed by atoms with Gasteiger partial charge in [-0.3, -0.25) is 14.9 Å². The Bertz CT molecular complexity index is 522. The third-order valence-electron chi connectivity index (χ3n) is 4.06. The molecule has 20 heavy (non-hydrogen) atoms. The second kappa shape index (κ2) is 5.99. The van der Waals surface area contributed by atoms with Crippen LogP contribution in [0.15, 0.2) is 42.0 Å². The molecule has 1 aliphatic rings. The van der Waals surface area contributed by atoms with Crippen LogP contribution in [0.2, 0.25) is 0 Å². The van der Waals surface area contributed by atoms with Gasteiger partial charge in [-0.25, -0.2) is 0 Å². The van der Waals surface area contributed by atoms with E-state index in [2.05, 4.69) is 0 Å². The van der Waals surface area contributed by atoms with Crippen LogP contribution in [-0.2, 0) is 4.79 Å². The van der Waals surface area contributed by atoms with E-state index in [1.807, 2.05) is 50.3 Å². The number of benzene rings is 1. The molecule has 0 bridgehead atoms. The molecule has 1 aliphatic carbocycles. The molecule has 0 fully saturated rings. The average molecular weight is 273 g/mol. The van der Waals surface area contributed by atoms with Crippen LogP contribution in [-0.4, -0.2) is 17.3 Å². The largest absolute Gasteiger partial charge is 0.298 e. The van der Waals surface area contributed by atoms with E-state index in [9.17, 15) is 14.9 Å². The van der Waals surface area contributed by atoms with E-state index < -0.39 is 6.04 Å². The van der Waals surface area contributed by atoms with Gasteiger partial charge in [0.25, 0.3) is 0 Å². The van der Waals surface area contributed by atoms with Crippen molar-refractivity contribution in [2.75, 3.05) is 0 Å². The Balaban J connectivity index is 2.49. The lowest BCUT2D eigenvalue weighted by Crippen LogP contribution is -2.37. The quantitative estimate of drug-likeness (QED) is 0.481. The highest BCUT2D eigenvalue weighted by Gasteiger charge is 2.42. The standard InChI is InChI=1S/C16H19NO3/c1-11(2)14-8-12(10-18)9-15(17(19)20)16(14)13-6-4-3-5-7-13/h3-8,10-11,14-16H,9H2,1-2H3/t14-,15+,16-/m1/s1. The Hall–Kier alpha value is -1.97. The Morgan fingerprint density at radius 1 is 1.30 bits per heavy atom. The van der Waals surface area contributed by atoms with E-state index in [1.54, 1.807) is 0 Å². The third kappa shape index (κ3) is 2.79. The van der Waals surface area contributed by atoms with Gasteiger partial charge >= 0.3 is 0 Å². The highest BCUT2D eigenvalue weighted by Crippen LogP contribution is 2.41. The molecule has 1 aromatic rings. The highest BCUT2D eigenvalue weighted by molar-refractivity contribution is 5.74. The van der Waals surface area contributed by atoms with Crippen molar-refractivity contribution in [2.45, 2.75) is 32.2 Å². The first-order chi connectivity index (χ1) is 9.54. The fraction of sp³-hybridized carbons (Fsp3) is 0.438. The lowest BCUT2D eigenvalue weighted by atomic mass is 9.69. The molecular weight excluding hydrogens is 254 g/mol. The molecule has 0 radical (unpaired) electrons. The summed E-state index contributed by atoms with van der Waals surface area (Å²) in [5, 5.41) is 11.4. The van der Waals surface area contributed by atoms with Crippen molar-refractivity contribution in [1.29, 1.82) is 0 Å². The van der Waals surface area contributed by atoms with Crippen LogP contribution in [0.25, 0.3) is 0 Å². The van der Waals surface area contributed by atoms with Crippen LogP contribution in [0, 0.1) is 22.0 Å². The van der Waals surface area contributed by atoms with E-state index in [-0.39, 0.29) is 29.1 Å². The fourth-order valence-corrected chi connectivity index (χ4v) is 3.06. The van der Waals surface area contributed by atoms with Crippen molar-refractivity contribution < 1.29 is 9.72 Å². The summed E-state index contributed by atoms with van der Waals surface area (Å²) in [6.07, 6.45) is 2.90. The Morgan fingerprint density at radius 2 is 1.95 bits per heavy atom. The normalized spacial score (nSPS) is 26.1. The molecule has 0 N–H and O–H groups in total. The SMILES string of the molecule is CC(C)[C@H]1C=C(C=O)C[C@H]([N+](=O)[O-])[C@@H]1c1ccccc1. The maximum Gasteiger partial charge on any atom is 0.224 e. The Labute approximate surface area is 118 Å². The van der Waals surface area contributed by atoms with Gasteiger partial charge in [-0.1, -0.05) is 50.3 Å². The summed E-state index contributed by atoms with van der Waals surface area (Å²) in [5.74, 6) is 0.0922. The molecule has 2 rings (SSSR count). The van der Waals surface area contributed by atoms with Gasteiger partial charge in [0.2, 0.25) is 6.04 Å². The zero-order chi connectivity index (χ0) is 14.7. The number of carbonyl (C=O) groups excluding carboxylic acids is 1. The van der Waals surface area contributed by atoms with E-state index in [1.165, 1.54) is 0 Å². The number of nitro groups is 1. The minimum Gasteiger partial charge on any atom is -0.298 e. The maximum atomic E-state index is 11.4. The summed E-state index contributed by atoms with van der Waals surface area (Å²) >= 11 is 0. The van der Waals surface area contributed by atoms with Crippen LogP contribution >= 0.6 is 0 Å². The van der Waals surface area contributed by atoms with Crippen molar-refractivity contribution in [3.05, 3.63) is 57.7 Å². The summed E-state index contributed by atoms with van der Waals surface area (Å²) in [5.41, 5.74) is 1.53. The molecule has 0 amide bonds. The molecule has 0 aromatic heterocycles. The molecular formula is C16H19NO3. The molecule has 0 aliphatic heterocycles. The monoisotopic (exact) mass is 273 g/mol. The zero-order valence-corrected chi connectivity index (χ0v) is 11.7. The summed E-state index contributed by atoms with van der Waals surface area (Å²) in [4.78, 5) is 22.2. The molecule has 0 spiro atoms. The first-order valence-electron chi connectivity index (χ1n) is 6.89. The van der Waals surface area contributed by atoms with E-state index in [0.29, 0.717) is 5.57 Å². The lowest BCUT2D eigenvalue weighted by Gasteiger charge is -2.34. The van der Waals surface area contributed by atoms with Crippen molar-refractivity contribution in [3.63, 3.8) is 0 Å². The number of nitrogens with zero attached hydrogens (tertiary/aromatic N) is 1. The molecule has 0 saturated carbocycles. The maximum absolute atomic E-state index is 11.4. The number of rotatable bonds is 4. The summed E-state index contributed by atoms with van der Waals surface area (Å²) in [6.45, 7) is 4.09. The van der Waals surface area contributed by atoms with Gasteiger partial charge in [-0.2, -0.15) is 0 Å². The molecule has 0 unspecified atom stereocenters. The summed E-state index contributed by atoms with van der Waals surface area (Å²) in [6, 6.07) is 8.87. The van der Waals surface area contributed by atoms with Gasteiger partial charge in [0, 0.05) is 11.3 Å². The Morgan fingerprint density at radius 3 is 2.45 bits per heavy atom. The lowest BCUT2D eigenvalue weighted by molar-refractivity contribution is -0.528. The topological polar surface area (TPSA) is 60.2 Å². The summed E-state index contributed by atoms with van der Waals surface area (Å²) in [7, 11) is 0. The molecule has 1 aromatic carbocycles. The van der Waals surface area contributed by atoms with Gasteiger partial charge in [0.1, 0.15) is 6.29 Å². The molecule has 106 valence electrons. The smallest absolute Gasteiger partial charge is 0.224 e. The number of allylic oxidation sites excluding steroid dienone is 1. The minimum atomic E-state index is -0.727. The second-order valence-corrected chi connectivity index (χ2v) is 5.67. The van der Waals surface area contributed by atoms with Crippen LogP contribution in [0.3, 0.4) is 0 Å². The molecule has 0 saturated heterocycles. The first kappa shape index (κ1) is 14.4. The average Bonchev–Trinajstić information content (AvgIpc) is 2.46. The van der Waals surface area contributed by atoms with Crippen molar-refractivity contribution in [2.24, 2.45) is 11.8 Å².